The molecule has 0 radical (unpaired) electrons. The molecule has 7 heteroatoms. The summed E-state index contributed by atoms with van der Waals surface area (Å²) >= 11 is 1.79. The van der Waals surface area contributed by atoms with Crippen molar-refractivity contribution in [3.05, 3.63) is 17.1 Å². The van der Waals surface area contributed by atoms with Crippen molar-refractivity contribution in [3.8, 4) is 0 Å². The molecule has 0 aliphatic carbocycles. The first kappa shape index (κ1) is 14.9. The molecule has 0 spiro atoms. The number of nitrogens with two attached hydrogens (primary N) is 1. The molecule has 1 unspecified atom stereocenters. The Morgan fingerprint density at radius 3 is 2.63 bits per heavy atom. The summed E-state index contributed by atoms with van der Waals surface area (Å²) in [6, 6.07) is 0.0650. The maximum absolute atomic E-state index is 12.7. The number of furan rings is 1. The van der Waals surface area contributed by atoms with E-state index in [0.717, 1.165) is 17.9 Å². The van der Waals surface area contributed by atoms with Gasteiger partial charge in [0, 0.05) is 31.0 Å². The first-order valence-electron chi connectivity index (χ1n) is 6.24. The molecule has 19 heavy (non-hydrogen) atoms. The van der Waals surface area contributed by atoms with Crippen LogP contribution in [0.15, 0.2) is 9.31 Å². The molecule has 108 valence electrons. The van der Waals surface area contributed by atoms with Gasteiger partial charge in [-0.25, -0.2) is 8.42 Å². The molecule has 1 aliphatic rings. The van der Waals surface area contributed by atoms with E-state index in [1.165, 1.54) is 4.31 Å². The molecule has 2 N–H and O–H groups in total. The lowest BCUT2D eigenvalue weighted by atomic mass is 10.2. The molecule has 1 aliphatic heterocycles. The van der Waals surface area contributed by atoms with E-state index in [-0.39, 0.29) is 17.5 Å². The van der Waals surface area contributed by atoms with Crippen molar-refractivity contribution in [2.45, 2.75) is 37.8 Å². The van der Waals surface area contributed by atoms with E-state index in [1.807, 2.05) is 0 Å². The van der Waals surface area contributed by atoms with E-state index >= 15 is 0 Å². The van der Waals surface area contributed by atoms with E-state index in [1.54, 1.807) is 32.7 Å². The molecule has 2 rings (SSSR count). The highest BCUT2D eigenvalue weighted by Crippen LogP contribution is 2.32. The van der Waals surface area contributed by atoms with Gasteiger partial charge in [-0.05, 0) is 26.0 Å². The highest BCUT2D eigenvalue weighted by Gasteiger charge is 2.35. The molecule has 0 aromatic carbocycles. The molecule has 0 bridgehead atoms. The average molecular weight is 304 g/mol. The van der Waals surface area contributed by atoms with Crippen molar-refractivity contribution >= 4 is 21.8 Å². The smallest absolute Gasteiger partial charge is 0.246 e. The summed E-state index contributed by atoms with van der Waals surface area (Å²) < 4.78 is 32.4. The second-order valence-electron chi connectivity index (χ2n) is 4.76. The Labute approximate surface area is 118 Å². The minimum absolute atomic E-state index is 0.0650. The first-order valence-corrected chi connectivity index (χ1v) is 8.83. The first-order chi connectivity index (χ1) is 8.89. The quantitative estimate of drug-likeness (QED) is 0.912. The minimum Gasteiger partial charge on any atom is -0.465 e. The monoisotopic (exact) mass is 304 g/mol. The van der Waals surface area contributed by atoms with Crippen LogP contribution in [0.3, 0.4) is 0 Å². The van der Waals surface area contributed by atoms with E-state index in [9.17, 15) is 8.42 Å². The van der Waals surface area contributed by atoms with E-state index in [4.69, 9.17) is 10.2 Å². The predicted molar refractivity (Wildman–Crippen MR) is 76.8 cm³/mol. The van der Waals surface area contributed by atoms with Gasteiger partial charge in [0.25, 0.3) is 0 Å². The summed E-state index contributed by atoms with van der Waals surface area (Å²) in [7, 11) is -1.88. The molecule has 1 aromatic rings. The van der Waals surface area contributed by atoms with E-state index in [2.05, 4.69) is 0 Å². The molecule has 1 saturated heterocycles. The van der Waals surface area contributed by atoms with Crippen LogP contribution >= 0.6 is 11.8 Å². The fourth-order valence-corrected chi connectivity index (χ4v) is 5.60. The third-order valence-electron chi connectivity index (χ3n) is 3.59. The number of aryl methyl sites for hydroxylation is 2. The molecular weight excluding hydrogens is 284 g/mol. The summed E-state index contributed by atoms with van der Waals surface area (Å²) in [5.41, 5.74) is 6.26. The molecule has 1 atom stereocenters. The lowest BCUT2D eigenvalue weighted by Crippen LogP contribution is -2.37. The maximum Gasteiger partial charge on any atom is 0.246 e. The van der Waals surface area contributed by atoms with Gasteiger partial charge in [0.15, 0.2) is 0 Å². The average Bonchev–Trinajstić information content (AvgIpc) is 2.95. The lowest BCUT2D eigenvalue weighted by Gasteiger charge is -2.23. The molecule has 0 saturated carbocycles. The Kier molecular flexibility index (Phi) is 4.29. The van der Waals surface area contributed by atoms with Gasteiger partial charge in [0.2, 0.25) is 10.0 Å². The van der Waals surface area contributed by atoms with Gasteiger partial charge >= 0.3 is 0 Å². The Bertz CT molecular complexity index is 560. The van der Waals surface area contributed by atoms with E-state index < -0.39 is 10.0 Å². The third-order valence-corrected chi connectivity index (χ3v) is 6.84. The van der Waals surface area contributed by atoms with Crippen LogP contribution in [0.2, 0.25) is 0 Å². The molecular formula is C12H20N2O3S2. The Morgan fingerprint density at radius 2 is 2.11 bits per heavy atom. The van der Waals surface area contributed by atoms with Crippen LogP contribution in [0.4, 0.5) is 0 Å². The lowest BCUT2D eigenvalue weighted by molar-refractivity contribution is 0.392. The topological polar surface area (TPSA) is 76.5 Å². The standard InChI is InChI=1S/C12H20N2O3S2/c1-8-11(6-13)12(9(2)17-8)19(15,16)14(3)10-4-5-18-7-10/h10H,4-7,13H2,1-3H3. The normalized spacial score (nSPS) is 20.4. The van der Waals surface area contributed by atoms with Crippen molar-refractivity contribution in [2.75, 3.05) is 18.6 Å². The number of thioether (sulfide) groups is 1. The summed E-state index contributed by atoms with van der Waals surface area (Å²) in [5.74, 6) is 2.88. The zero-order valence-electron chi connectivity index (χ0n) is 11.5. The van der Waals surface area contributed by atoms with Crippen molar-refractivity contribution in [1.29, 1.82) is 0 Å². The van der Waals surface area contributed by atoms with Crippen LogP contribution in [-0.4, -0.2) is 37.3 Å². The summed E-state index contributed by atoms with van der Waals surface area (Å²) in [5, 5.41) is 0. The van der Waals surface area contributed by atoms with Crippen LogP contribution in [0, 0.1) is 13.8 Å². The number of hydrogen-bond donors (Lipinski definition) is 1. The van der Waals surface area contributed by atoms with E-state index in [0.29, 0.717) is 17.1 Å². The van der Waals surface area contributed by atoms with Gasteiger partial charge in [0.1, 0.15) is 16.4 Å². The number of nitrogens with zero attached hydrogens (tertiary/aromatic N) is 1. The number of sulfonamides is 1. The zero-order chi connectivity index (χ0) is 14.2. The van der Waals surface area contributed by atoms with Crippen molar-refractivity contribution in [3.63, 3.8) is 0 Å². The summed E-state index contributed by atoms with van der Waals surface area (Å²) in [6.45, 7) is 3.60. The molecule has 1 fully saturated rings. The molecule has 2 heterocycles. The second-order valence-corrected chi connectivity index (χ2v) is 7.85. The molecule has 5 nitrogen and oxygen atoms in total. The zero-order valence-corrected chi connectivity index (χ0v) is 13.1. The van der Waals surface area contributed by atoms with Gasteiger partial charge in [-0.1, -0.05) is 0 Å². The van der Waals surface area contributed by atoms with Gasteiger partial charge in [-0.2, -0.15) is 16.1 Å². The highest BCUT2D eigenvalue weighted by molar-refractivity contribution is 7.99. The van der Waals surface area contributed by atoms with Gasteiger partial charge < -0.3 is 10.2 Å². The fourth-order valence-electron chi connectivity index (χ4n) is 2.43. The number of rotatable bonds is 4. The minimum atomic E-state index is -3.53. The molecule has 1 aromatic heterocycles. The van der Waals surface area contributed by atoms with Crippen LogP contribution < -0.4 is 5.73 Å². The second kappa shape index (κ2) is 5.47. The SMILES string of the molecule is Cc1oc(C)c(S(=O)(=O)N(C)C2CCSC2)c1CN. The maximum atomic E-state index is 12.7. The molecule has 0 amide bonds. The van der Waals surface area contributed by atoms with Crippen molar-refractivity contribution in [1.82, 2.24) is 4.31 Å². The van der Waals surface area contributed by atoms with Crippen molar-refractivity contribution < 1.29 is 12.8 Å². The Hall–Kier alpha value is -0.500. The van der Waals surface area contributed by atoms with Gasteiger partial charge in [-0.15, -0.1) is 0 Å². The largest absolute Gasteiger partial charge is 0.465 e. The van der Waals surface area contributed by atoms with Gasteiger partial charge in [-0.3, -0.25) is 0 Å². The Morgan fingerprint density at radius 1 is 1.42 bits per heavy atom. The third kappa shape index (κ3) is 2.56. The van der Waals surface area contributed by atoms with Crippen LogP contribution in [0.5, 0.6) is 0 Å². The Balaban J connectivity index is 2.44. The van der Waals surface area contributed by atoms with Gasteiger partial charge in [0.05, 0.1) is 0 Å². The number of hydrogen-bond acceptors (Lipinski definition) is 5. The fraction of sp³-hybridized carbons (Fsp3) is 0.667. The van der Waals surface area contributed by atoms with Crippen LogP contribution in [-0.2, 0) is 16.6 Å². The summed E-state index contributed by atoms with van der Waals surface area (Å²) in [6.07, 6.45) is 0.897. The van der Waals surface area contributed by atoms with Crippen molar-refractivity contribution in [2.24, 2.45) is 5.73 Å². The highest BCUT2D eigenvalue weighted by atomic mass is 32.2. The predicted octanol–water partition coefficient (Wildman–Crippen LogP) is 1.48. The summed E-state index contributed by atoms with van der Waals surface area (Å²) in [4.78, 5) is 0.256. The van der Waals surface area contributed by atoms with Crippen LogP contribution in [0.1, 0.15) is 23.5 Å². The van der Waals surface area contributed by atoms with Crippen LogP contribution in [0.25, 0.3) is 0 Å².